The largest absolute Gasteiger partial charge is 0.330 e. The summed E-state index contributed by atoms with van der Waals surface area (Å²) in [6.45, 7) is 3.01. The van der Waals surface area contributed by atoms with Crippen LogP contribution < -0.4 is 5.73 Å². The van der Waals surface area contributed by atoms with E-state index >= 15 is 0 Å². The summed E-state index contributed by atoms with van der Waals surface area (Å²) in [6, 6.07) is 5.78. The predicted octanol–water partition coefficient (Wildman–Crippen LogP) is 4.86. The third kappa shape index (κ3) is 3.01. The van der Waals surface area contributed by atoms with Gasteiger partial charge in [-0.3, -0.25) is 0 Å². The fourth-order valence-electron chi connectivity index (χ4n) is 3.15. The van der Waals surface area contributed by atoms with Gasteiger partial charge in [-0.25, -0.2) is 0 Å². The zero-order valence-corrected chi connectivity index (χ0v) is 12.3. The van der Waals surface area contributed by atoms with Crippen LogP contribution in [0.25, 0.3) is 0 Å². The van der Waals surface area contributed by atoms with Crippen molar-refractivity contribution in [2.75, 3.05) is 6.54 Å². The molecule has 1 aliphatic rings. The molecule has 2 rings (SSSR count). The second-order valence-corrected chi connectivity index (χ2v) is 6.20. The van der Waals surface area contributed by atoms with Gasteiger partial charge in [0.05, 0.1) is 0 Å². The van der Waals surface area contributed by atoms with Crippen LogP contribution in [0.2, 0.25) is 10.0 Å². The van der Waals surface area contributed by atoms with E-state index in [1.54, 1.807) is 0 Å². The number of hydrogen-bond acceptors (Lipinski definition) is 1. The number of nitrogens with two attached hydrogens (primary N) is 1. The topological polar surface area (TPSA) is 26.0 Å². The van der Waals surface area contributed by atoms with E-state index in [-0.39, 0.29) is 0 Å². The molecule has 0 bridgehead atoms. The van der Waals surface area contributed by atoms with Crippen molar-refractivity contribution in [3.63, 3.8) is 0 Å². The van der Waals surface area contributed by atoms with E-state index in [0.717, 1.165) is 22.5 Å². The molecule has 3 heteroatoms. The Hall–Kier alpha value is -0.240. The summed E-state index contributed by atoms with van der Waals surface area (Å²) in [4.78, 5) is 0. The molecule has 3 atom stereocenters. The molecule has 1 aromatic carbocycles. The SMILES string of the molecule is CCC1CCC(CN)C(c2cc(Cl)ccc2Cl)C1. The molecule has 0 aliphatic heterocycles. The maximum Gasteiger partial charge on any atom is 0.0441 e. The molecule has 3 unspecified atom stereocenters. The highest BCUT2D eigenvalue weighted by Crippen LogP contribution is 2.43. The lowest BCUT2D eigenvalue weighted by Crippen LogP contribution is -2.29. The van der Waals surface area contributed by atoms with E-state index in [1.165, 1.54) is 31.2 Å². The highest BCUT2D eigenvalue weighted by Gasteiger charge is 2.31. The van der Waals surface area contributed by atoms with Gasteiger partial charge in [-0.05, 0) is 60.9 Å². The van der Waals surface area contributed by atoms with Gasteiger partial charge in [0.25, 0.3) is 0 Å². The Morgan fingerprint density at radius 3 is 2.72 bits per heavy atom. The quantitative estimate of drug-likeness (QED) is 0.843. The second kappa shape index (κ2) is 6.27. The van der Waals surface area contributed by atoms with Crippen molar-refractivity contribution in [1.29, 1.82) is 0 Å². The summed E-state index contributed by atoms with van der Waals surface area (Å²) < 4.78 is 0. The van der Waals surface area contributed by atoms with Crippen LogP contribution >= 0.6 is 23.2 Å². The Morgan fingerprint density at radius 1 is 1.28 bits per heavy atom. The monoisotopic (exact) mass is 285 g/mol. The molecule has 0 radical (unpaired) electrons. The minimum atomic E-state index is 0.472. The minimum Gasteiger partial charge on any atom is -0.330 e. The zero-order valence-electron chi connectivity index (χ0n) is 10.8. The van der Waals surface area contributed by atoms with E-state index in [0.29, 0.717) is 11.8 Å². The van der Waals surface area contributed by atoms with Gasteiger partial charge in [0, 0.05) is 10.0 Å². The first-order valence-electron chi connectivity index (χ1n) is 6.80. The lowest BCUT2D eigenvalue weighted by atomic mass is 9.70. The lowest BCUT2D eigenvalue weighted by molar-refractivity contribution is 0.236. The van der Waals surface area contributed by atoms with Crippen LogP contribution in [0.1, 0.15) is 44.1 Å². The van der Waals surface area contributed by atoms with Crippen LogP contribution in [0.15, 0.2) is 18.2 Å². The van der Waals surface area contributed by atoms with Crippen molar-refractivity contribution in [3.05, 3.63) is 33.8 Å². The number of rotatable bonds is 3. The molecule has 1 saturated carbocycles. The van der Waals surface area contributed by atoms with Gasteiger partial charge in [0.2, 0.25) is 0 Å². The molecule has 0 aromatic heterocycles. The normalized spacial score (nSPS) is 28.3. The number of benzene rings is 1. The molecule has 0 heterocycles. The van der Waals surface area contributed by atoms with E-state index < -0.39 is 0 Å². The van der Waals surface area contributed by atoms with E-state index in [9.17, 15) is 0 Å². The Morgan fingerprint density at radius 2 is 2.06 bits per heavy atom. The molecule has 1 fully saturated rings. The summed E-state index contributed by atoms with van der Waals surface area (Å²) >= 11 is 12.5. The molecule has 0 spiro atoms. The molecule has 2 N–H and O–H groups in total. The van der Waals surface area contributed by atoms with E-state index in [2.05, 4.69) is 6.92 Å². The van der Waals surface area contributed by atoms with Crippen molar-refractivity contribution in [2.24, 2.45) is 17.6 Å². The highest BCUT2D eigenvalue weighted by molar-refractivity contribution is 6.33. The van der Waals surface area contributed by atoms with Gasteiger partial charge >= 0.3 is 0 Å². The second-order valence-electron chi connectivity index (χ2n) is 5.36. The van der Waals surface area contributed by atoms with Crippen LogP contribution in [-0.2, 0) is 0 Å². The average molecular weight is 286 g/mol. The summed E-state index contributed by atoms with van der Waals surface area (Å²) in [5.41, 5.74) is 7.12. The van der Waals surface area contributed by atoms with Crippen LogP contribution in [0.3, 0.4) is 0 Å². The highest BCUT2D eigenvalue weighted by atomic mass is 35.5. The van der Waals surface area contributed by atoms with Gasteiger partial charge in [-0.1, -0.05) is 43.0 Å². The molecule has 100 valence electrons. The van der Waals surface area contributed by atoms with Crippen molar-refractivity contribution >= 4 is 23.2 Å². The van der Waals surface area contributed by atoms with Gasteiger partial charge < -0.3 is 5.73 Å². The van der Waals surface area contributed by atoms with E-state index in [1.807, 2.05) is 18.2 Å². The van der Waals surface area contributed by atoms with Crippen molar-refractivity contribution in [1.82, 2.24) is 0 Å². The third-order valence-electron chi connectivity index (χ3n) is 4.34. The van der Waals surface area contributed by atoms with Crippen molar-refractivity contribution < 1.29 is 0 Å². The van der Waals surface area contributed by atoms with Crippen LogP contribution in [-0.4, -0.2) is 6.54 Å². The third-order valence-corrected chi connectivity index (χ3v) is 4.92. The molecule has 0 amide bonds. The summed E-state index contributed by atoms with van der Waals surface area (Å²) in [5.74, 6) is 1.82. The Bertz CT molecular complexity index is 405. The van der Waals surface area contributed by atoms with Crippen LogP contribution in [0, 0.1) is 11.8 Å². The van der Waals surface area contributed by atoms with Gasteiger partial charge in [0.15, 0.2) is 0 Å². The fourth-order valence-corrected chi connectivity index (χ4v) is 3.59. The molecule has 1 nitrogen and oxygen atoms in total. The maximum atomic E-state index is 6.34. The average Bonchev–Trinajstić information content (AvgIpc) is 2.40. The summed E-state index contributed by atoms with van der Waals surface area (Å²) in [6.07, 6.45) is 4.94. The van der Waals surface area contributed by atoms with Crippen molar-refractivity contribution in [3.8, 4) is 0 Å². The summed E-state index contributed by atoms with van der Waals surface area (Å²) in [5, 5.41) is 1.60. The molecular weight excluding hydrogens is 265 g/mol. The van der Waals surface area contributed by atoms with Crippen LogP contribution in [0.5, 0.6) is 0 Å². The van der Waals surface area contributed by atoms with Crippen LogP contribution in [0.4, 0.5) is 0 Å². The fraction of sp³-hybridized carbons (Fsp3) is 0.600. The first kappa shape index (κ1) is 14.2. The first-order chi connectivity index (χ1) is 8.65. The minimum absolute atomic E-state index is 0.472. The summed E-state index contributed by atoms with van der Waals surface area (Å²) in [7, 11) is 0. The molecule has 1 aromatic rings. The van der Waals surface area contributed by atoms with Gasteiger partial charge in [-0.2, -0.15) is 0 Å². The van der Waals surface area contributed by atoms with Gasteiger partial charge in [0.1, 0.15) is 0 Å². The smallest absolute Gasteiger partial charge is 0.0441 e. The first-order valence-corrected chi connectivity index (χ1v) is 7.56. The molecular formula is C15H21Cl2N. The molecule has 18 heavy (non-hydrogen) atoms. The Kier molecular flexibility index (Phi) is 4.94. The predicted molar refractivity (Wildman–Crippen MR) is 79.4 cm³/mol. The van der Waals surface area contributed by atoms with E-state index in [4.69, 9.17) is 28.9 Å². The molecule has 1 aliphatic carbocycles. The van der Waals surface area contributed by atoms with Crippen molar-refractivity contribution in [2.45, 2.75) is 38.5 Å². The number of halogens is 2. The van der Waals surface area contributed by atoms with Gasteiger partial charge in [-0.15, -0.1) is 0 Å². The Labute approximate surface area is 120 Å². The maximum absolute atomic E-state index is 6.34. The number of hydrogen-bond donors (Lipinski definition) is 1. The Balaban J connectivity index is 2.29. The zero-order chi connectivity index (χ0) is 13.1. The standard InChI is InChI=1S/C15H21Cl2N/c1-2-10-3-4-11(9-18)13(7-10)14-8-12(16)5-6-15(14)17/h5-6,8,10-11,13H,2-4,7,9,18H2,1H3. The molecule has 0 saturated heterocycles. The lowest BCUT2D eigenvalue weighted by Gasteiger charge is -2.36.